The topological polar surface area (TPSA) is 93.1 Å². The molecule has 2 aromatic rings. The van der Waals surface area contributed by atoms with E-state index in [0.29, 0.717) is 11.7 Å². The number of nitrogens with one attached hydrogen (secondary N) is 2. The Labute approximate surface area is 162 Å². The molecule has 0 aliphatic rings. The largest absolute Gasteiger partial charge is 0.346 e. The van der Waals surface area contributed by atoms with Gasteiger partial charge in [-0.2, -0.15) is 4.98 Å². The molecule has 8 heteroatoms. The zero-order valence-corrected chi connectivity index (χ0v) is 16.8. The smallest absolute Gasteiger partial charge is 0.273 e. The van der Waals surface area contributed by atoms with E-state index in [-0.39, 0.29) is 29.7 Å². The van der Waals surface area contributed by atoms with E-state index in [4.69, 9.17) is 0 Å². The second-order valence-corrected chi connectivity index (χ2v) is 7.16. The molecule has 0 atom stereocenters. The molecule has 0 aliphatic carbocycles. The molecule has 1 heterocycles. The summed E-state index contributed by atoms with van der Waals surface area (Å²) in [7, 11) is 0. The molecule has 1 aromatic carbocycles. The van der Waals surface area contributed by atoms with Crippen molar-refractivity contribution in [3.05, 3.63) is 51.4 Å². The summed E-state index contributed by atoms with van der Waals surface area (Å²) in [4.78, 5) is 39.4. The van der Waals surface area contributed by atoms with Crippen LogP contribution < -0.4 is 16.2 Å². The maximum absolute atomic E-state index is 12.1. The van der Waals surface area contributed by atoms with Crippen LogP contribution in [0.15, 0.2) is 34.3 Å². The molecule has 7 nitrogen and oxygen atoms in total. The summed E-state index contributed by atoms with van der Waals surface area (Å²) in [5.74, 6) is -0.508. The third-order valence-electron chi connectivity index (χ3n) is 3.91. The summed E-state index contributed by atoms with van der Waals surface area (Å²) in [6.07, 6.45) is 1.65. The van der Waals surface area contributed by atoms with Gasteiger partial charge in [-0.25, -0.2) is 0 Å². The normalized spacial score (nSPS) is 10.5. The molecular weight excluding hydrogens is 364 g/mol. The van der Waals surface area contributed by atoms with Crippen LogP contribution in [0.4, 0.5) is 5.69 Å². The van der Waals surface area contributed by atoms with Crippen LogP contribution in [0.5, 0.6) is 0 Å². The van der Waals surface area contributed by atoms with E-state index < -0.39 is 0 Å². The Morgan fingerprint density at radius 2 is 1.81 bits per heavy atom. The van der Waals surface area contributed by atoms with Gasteiger partial charge in [0.2, 0.25) is 11.8 Å². The Bertz CT molecular complexity index is 885. The molecule has 1 aromatic heterocycles. The van der Waals surface area contributed by atoms with Crippen LogP contribution in [-0.2, 0) is 16.1 Å². The lowest BCUT2D eigenvalue weighted by Crippen LogP contribution is -2.34. The number of rotatable bonds is 7. The van der Waals surface area contributed by atoms with E-state index in [0.717, 1.165) is 34.1 Å². The summed E-state index contributed by atoms with van der Waals surface area (Å²) in [6, 6.07) is 5.38. The molecule has 2 N–H and O–H groups in total. The number of benzene rings is 1. The number of hydrogen-bond donors (Lipinski definition) is 2. The fraction of sp³-hybridized carbons (Fsp3) is 0.368. The van der Waals surface area contributed by atoms with Gasteiger partial charge < -0.3 is 15.2 Å². The fourth-order valence-corrected chi connectivity index (χ4v) is 3.56. The Kier molecular flexibility index (Phi) is 7.18. The summed E-state index contributed by atoms with van der Waals surface area (Å²) < 4.78 is 1.79. The van der Waals surface area contributed by atoms with Gasteiger partial charge >= 0.3 is 0 Å². The average molecular weight is 388 g/mol. The summed E-state index contributed by atoms with van der Waals surface area (Å²) >= 11 is 1.16. The number of amides is 2. The molecule has 144 valence electrons. The monoisotopic (exact) mass is 388 g/mol. The summed E-state index contributed by atoms with van der Waals surface area (Å²) in [5, 5.41) is 5.91. The van der Waals surface area contributed by atoms with Crippen molar-refractivity contribution in [2.45, 2.75) is 39.4 Å². The SMILES string of the molecule is CCn1ccc(=O)nc1SCC(=O)NCC(=O)Nc1c(C)cc(C)cc1C. The van der Waals surface area contributed by atoms with Gasteiger partial charge in [-0.05, 0) is 38.8 Å². The number of aryl methyl sites for hydroxylation is 4. The first-order chi connectivity index (χ1) is 12.8. The van der Waals surface area contributed by atoms with Gasteiger partial charge in [0.05, 0.1) is 12.3 Å². The molecule has 0 bridgehead atoms. The highest BCUT2D eigenvalue weighted by Crippen LogP contribution is 2.21. The lowest BCUT2D eigenvalue weighted by molar-refractivity contribution is -0.122. The van der Waals surface area contributed by atoms with E-state index in [1.54, 1.807) is 10.8 Å². The highest BCUT2D eigenvalue weighted by molar-refractivity contribution is 7.99. The maximum atomic E-state index is 12.1. The molecule has 0 unspecified atom stereocenters. The van der Waals surface area contributed by atoms with Gasteiger partial charge in [0.25, 0.3) is 5.56 Å². The van der Waals surface area contributed by atoms with E-state index in [2.05, 4.69) is 15.6 Å². The van der Waals surface area contributed by atoms with Crippen molar-refractivity contribution in [3.8, 4) is 0 Å². The molecule has 0 saturated heterocycles. The van der Waals surface area contributed by atoms with Crippen LogP contribution in [-0.4, -0.2) is 33.7 Å². The molecule has 0 aliphatic heterocycles. The fourth-order valence-electron chi connectivity index (χ4n) is 2.69. The van der Waals surface area contributed by atoms with Gasteiger partial charge in [-0.3, -0.25) is 14.4 Å². The minimum atomic E-state index is -0.342. The van der Waals surface area contributed by atoms with Crippen LogP contribution in [0, 0.1) is 20.8 Å². The Morgan fingerprint density at radius 3 is 2.44 bits per heavy atom. The standard InChI is InChI=1S/C19H24N4O3S/c1-5-23-7-6-15(24)22-19(23)27-11-17(26)20-10-16(25)21-18-13(3)8-12(2)9-14(18)4/h6-9H,5,10-11H2,1-4H3,(H,20,26)(H,21,25). The van der Waals surface area contributed by atoms with Gasteiger partial charge in [0.1, 0.15) is 0 Å². The van der Waals surface area contributed by atoms with E-state index >= 15 is 0 Å². The van der Waals surface area contributed by atoms with Gasteiger partial charge in [0.15, 0.2) is 5.16 Å². The van der Waals surface area contributed by atoms with Crippen molar-refractivity contribution < 1.29 is 9.59 Å². The second kappa shape index (κ2) is 9.36. The van der Waals surface area contributed by atoms with Gasteiger partial charge in [-0.1, -0.05) is 29.5 Å². The molecule has 2 rings (SSSR count). The van der Waals surface area contributed by atoms with Crippen molar-refractivity contribution >= 4 is 29.3 Å². The van der Waals surface area contributed by atoms with Crippen LogP contribution >= 0.6 is 11.8 Å². The summed E-state index contributed by atoms with van der Waals surface area (Å²) in [6.45, 7) is 8.33. The molecular formula is C19H24N4O3S. The van der Waals surface area contributed by atoms with E-state index in [9.17, 15) is 14.4 Å². The van der Waals surface area contributed by atoms with Crippen molar-refractivity contribution in [2.75, 3.05) is 17.6 Å². The van der Waals surface area contributed by atoms with Gasteiger partial charge in [0, 0.05) is 24.5 Å². The second-order valence-electron chi connectivity index (χ2n) is 6.22. The quantitative estimate of drug-likeness (QED) is 0.559. The number of nitrogens with zero attached hydrogens (tertiary/aromatic N) is 2. The minimum Gasteiger partial charge on any atom is -0.346 e. The number of thioether (sulfide) groups is 1. The van der Waals surface area contributed by atoms with Crippen molar-refractivity contribution in [1.82, 2.24) is 14.9 Å². The third kappa shape index (κ3) is 5.96. The minimum absolute atomic E-state index is 0.0757. The van der Waals surface area contributed by atoms with Crippen LogP contribution in [0.1, 0.15) is 23.6 Å². The Balaban J connectivity index is 1.86. The lowest BCUT2D eigenvalue weighted by atomic mass is 10.1. The Morgan fingerprint density at radius 1 is 1.15 bits per heavy atom. The molecule has 0 fully saturated rings. The van der Waals surface area contributed by atoms with Crippen LogP contribution in [0.2, 0.25) is 0 Å². The summed E-state index contributed by atoms with van der Waals surface area (Å²) in [5.41, 5.74) is 3.53. The van der Waals surface area contributed by atoms with Crippen molar-refractivity contribution in [2.24, 2.45) is 0 Å². The lowest BCUT2D eigenvalue weighted by Gasteiger charge is -2.13. The highest BCUT2D eigenvalue weighted by atomic mass is 32.2. The van der Waals surface area contributed by atoms with Gasteiger partial charge in [-0.15, -0.1) is 0 Å². The zero-order chi connectivity index (χ0) is 20.0. The highest BCUT2D eigenvalue weighted by Gasteiger charge is 2.11. The average Bonchev–Trinajstić information content (AvgIpc) is 2.61. The molecule has 2 amide bonds. The van der Waals surface area contributed by atoms with E-state index in [1.165, 1.54) is 6.07 Å². The predicted octanol–water partition coefficient (Wildman–Crippen LogP) is 2.04. The van der Waals surface area contributed by atoms with Crippen molar-refractivity contribution in [3.63, 3.8) is 0 Å². The first-order valence-corrected chi connectivity index (χ1v) is 9.63. The number of carbonyl (C=O) groups excluding carboxylic acids is 2. The third-order valence-corrected chi connectivity index (χ3v) is 4.90. The first kappa shape index (κ1) is 20.7. The van der Waals surface area contributed by atoms with E-state index in [1.807, 2.05) is 39.8 Å². The zero-order valence-electron chi connectivity index (χ0n) is 16.0. The maximum Gasteiger partial charge on any atom is 0.273 e. The molecule has 0 radical (unpaired) electrons. The number of carbonyl (C=O) groups is 2. The van der Waals surface area contributed by atoms with Crippen molar-refractivity contribution in [1.29, 1.82) is 0 Å². The first-order valence-electron chi connectivity index (χ1n) is 8.64. The Hall–Kier alpha value is -2.61. The molecule has 0 spiro atoms. The predicted molar refractivity (Wildman–Crippen MR) is 107 cm³/mol. The number of anilines is 1. The van der Waals surface area contributed by atoms with Crippen LogP contribution in [0.25, 0.3) is 0 Å². The van der Waals surface area contributed by atoms with Crippen LogP contribution in [0.3, 0.4) is 0 Å². The molecule has 0 saturated carbocycles. The number of aromatic nitrogens is 2. The number of hydrogen-bond acceptors (Lipinski definition) is 5. The molecule has 27 heavy (non-hydrogen) atoms.